The van der Waals surface area contributed by atoms with E-state index in [9.17, 15) is 14.4 Å². The van der Waals surface area contributed by atoms with Crippen LogP contribution in [0.4, 0.5) is 5.69 Å². The van der Waals surface area contributed by atoms with Crippen molar-refractivity contribution >= 4 is 34.7 Å². The minimum Gasteiger partial charge on any atom is -0.368 e. The predicted molar refractivity (Wildman–Crippen MR) is 112 cm³/mol. The molecule has 2 aliphatic rings. The van der Waals surface area contributed by atoms with E-state index < -0.39 is 6.04 Å². The van der Waals surface area contributed by atoms with E-state index in [2.05, 4.69) is 22.3 Å². The Bertz CT molecular complexity index is 863. The molecule has 0 radical (unpaired) electrons. The number of anilines is 1. The van der Waals surface area contributed by atoms with Crippen LogP contribution in [0.2, 0.25) is 0 Å². The van der Waals surface area contributed by atoms with Gasteiger partial charge >= 0.3 is 0 Å². The first-order valence-electron chi connectivity index (χ1n) is 9.83. The molecule has 3 amide bonds. The van der Waals surface area contributed by atoms with Crippen LogP contribution in [0.25, 0.3) is 0 Å². The van der Waals surface area contributed by atoms with Gasteiger partial charge in [-0.2, -0.15) is 0 Å². The van der Waals surface area contributed by atoms with Crippen molar-refractivity contribution in [3.8, 4) is 0 Å². The van der Waals surface area contributed by atoms with Crippen molar-refractivity contribution in [3.63, 3.8) is 0 Å². The van der Waals surface area contributed by atoms with Gasteiger partial charge in [0.05, 0.1) is 11.3 Å². The summed E-state index contributed by atoms with van der Waals surface area (Å²) in [6.45, 7) is 3.56. The number of carbonyl (C=O) groups is 3. The highest BCUT2D eigenvalue weighted by molar-refractivity contribution is 7.12. The quantitative estimate of drug-likeness (QED) is 0.825. The van der Waals surface area contributed by atoms with Crippen LogP contribution >= 0.6 is 11.3 Å². The Hall–Kier alpha value is -2.87. The lowest BCUT2D eigenvalue weighted by Crippen LogP contribution is -2.59. The number of hydrogen-bond donors (Lipinski definition) is 1. The maximum absolute atomic E-state index is 12.9. The Morgan fingerprint density at radius 2 is 1.76 bits per heavy atom. The zero-order valence-electron chi connectivity index (χ0n) is 16.1. The van der Waals surface area contributed by atoms with Crippen LogP contribution in [0, 0.1) is 0 Å². The zero-order valence-corrected chi connectivity index (χ0v) is 16.9. The number of para-hydroxylation sites is 1. The first-order chi connectivity index (χ1) is 14.1. The SMILES string of the molecule is O=C1NCCN(C(=O)c2cccs2)[C@H]1CC(=O)N1CCN(c2ccccc2)CC1. The first-order valence-corrected chi connectivity index (χ1v) is 10.7. The number of piperazine rings is 2. The molecule has 0 spiro atoms. The van der Waals surface area contributed by atoms with Gasteiger partial charge in [-0.25, -0.2) is 0 Å². The molecule has 29 heavy (non-hydrogen) atoms. The van der Waals surface area contributed by atoms with Crippen molar-refractivity contribution in [3.05, 3.63) is 52.7 Å². The third-order valence-electron chi connectivity index (χ3n) is 5.45. The van der Waals surface area contributed by atoms with Crippen LogP contribution in [0.1, 0.15) is 16.1 Å². The summed E-state index contributed by atoms with van der Waals surface area (Å²) in [4.78, 5) is 44.3. The highest BCUT2D eigenvalue weighted by Crippen LogP contribution is 2.20. The van der Waals surface area contributed by atoms with Crippen LogP contribution in [0.15, 0.2) is 47.8 Å². The largest absolute Gasteiger partial charge is 0.368 e. The summed E-state index contributed by atoms with van der Waals surface area (Å²) in [7, 11) is 0. The number of nitrogens with zero attached hydrogens (tertiary/aromatic N) is 3. The number of amides is 3. The minimum atomic E-state index is -0.752. The van der Waals surface area contributed by atoms with Crippen LogP contribution in [-0.4, -0.2) is 72.8 Å². The van der Waals surface area contributed by atoms with Crippen molar-refractivity contribution in [2.75, 3.05) is 44.2 Å². The Morgan fingerprint density at radius 1 is 1.00 bits per heavy atom. The highest BCUT2D eigenvalue weighted by Gasteiger charge is 2.36. The van der Waals surface area contributed by atoms with Crippen LogP contribution in [-0.2, 0) is 9.59 Å². The van der Waals surface area contributed by atoms with Gasteiger partial charge in [-0.3, -0.25) is 14.4 Å². The lowest BCUT2D eigenvalue weighted by molar-refractivity contribution is -0.138. The smallest absolute Gasteiger partial charge is 0.264 e. The van der Waals surface area contributed by atoms with Crippen molar-refractivity contribution in [1.82, 2.24) is 15.1 Å². The molecule has 0 unspecified atom stereocenters. The molecule has 0 aliphatic carbocycles. The van der Waals surface area contributed by atoms with Gasteiger partial charge in [0.2, 0.25) is 11.8 Å². The molecule has 1 N–H and O–H groups in total. The Morgan fingerprint density at radius 3 is 2.45 bits per heavy atom. The van der Waals surface area contributed by atoms with Crippen molar-refractivity contribution < 1.29 is 14.4 Å². The molecular weight excluding hydrogens is 388 g/mol. The average molecular weight is 413 g/mol. The fourth-order valence-corrected chi connectivity index (χ4v) is 4.53. The summed E-state index contributed by atoms with van der Waals surface area (Å²) in [5, 5.41) is 4.63. The second-order valence-electron chi connectivity index (χ2n) is 7.19. The maximum atomic E-state index is 12.9. The molecule has 1 aromatic heterocycles. The summed E-state index contributed by atoms with van der Waals surface area (Å²) in [6.07, 6.45) is 0.0221. The average Bonchev–Trinajstić information content (AvgIpc) is 3.30. The predicted octanol–water partition coefficient (Wildman–Crippen LogP) is 1.43. The molecule has 2 saturated heterocycles. The van der Waals surface area contributed by atoms with E-state index in [-0.39, 0.29) is 24.1 Å². The first kappa shape index (κ1) is 19.4. The summed E-state index contributed by atoms with van der Waals surface area (Å²) in [6, 6.07) is 13.0. The molecule has 2 aromatic rings. The Balaban J connectivity index is 1.38. The van der Waals surface area contributed by atoms with Gasteiger partial charge in [-0.15, -0.1) is 11.3 Å². The number of rotatable bonds is 4. The number of benzene rings is 1. The van der Waals surface area contributed by atoms with E-state index in [0.29, 0.717) is 31.1 Å². The second-order valence-corrected chi connectivity index (χ2v) is 8.14. The van der Waals surface area contributed by atoms with Crippen molar-refractivity contribution in [2.45, 2.75) is 12.5 Å². The molecule has 0 bridgehead atoms. The lowest BCUT2D eigenvalue weighted by atomic mass is 10.1. The third-order valence-corrected chi connectivity index (χ3v) is 6.30. The monoisotopic (exact) mass is 412 g/mol. The van der Waals surface area contributed by atoms with Crippen LogP contribution < -0.4 is 10.2 Å². The third kappa shape index (κ3) is 4.27. The molecule has 1 aromatic carbocycles. The molecule has 3 heterocycles. The van der Waals surface area contributed by atoms with Gasteiger partial charge in [-0.05, 0) is 23.6 Å². The molecule has 152 valence electrons. The van der Waals surface area contributed by atoms with Gasteiger partial charge in [0.15, 0.2) is 0 Å². The van der Waals surface area contributed by atoms with E-state index in [1.807, 2.05) is 29.6 Å². The fourth-order valence-electron chi connectivity index (χ4n) is 3.85. The highest BCUT2D eigenvalue weighted by atomic mass is 32.1. The number of carbonyl (C=O) groups excluding carboxylic acids is 3. The van der Waals surface area contributed by atoms with Crippen LogP contribution in [0.3, 0.4) is 0 Å². The number of hydrogen-bond acceptors (Lipinski definition) is 5. The van der Waals surface area contributed by atoms with Gasteiger partial charge in [0.25, 0.3) is 5.91 Å². The van der Waals surface area contributed by atoms with Crippen molar-refractivity contribution in [1.29, 1.82) is 0 Å². The summed E-state index contributed by atoms with van der Waals surface area (Å²) >= 11 is 1.35. The molecule has 0 saturated carbocycles. The molecule has 8 heteroatoms. The van der Waals surface area contributed by atoms with Gasteiger partial charge in [0, 0.05) is 45.0 Å². The number of nitrogens with one attached hydrogen (secondary N) is 1. The van der Waals surface area contributed by atoms with Crippen molar-refractivity contribution in [2.24, 2.45) is 0 Å². The minimum absolute atomic E-state index is 0.0221. The molecule has 2 aliphatic heterocycles. The van der Waals surface area contributed by atoms with Gasteiger partial charge < -0.3 is 20.0 Å². The van der Waals surface area contributed by atoms with E-state index in [4.69, 9.17) is 0 Å². The van der Waals surface area contributed by atoms with Gasteiger partial charge in [0.1, 0.15) is 6.04 Å². The fraction of sp³-hybridized carbons (Fsp3) is 0.381. The van der Waals surface area contributed by atoms with E-state index >= 15 is 0 Å². The second kappa shape index (κ2) is 8.65. The topological polar surface area (TPSA) is 73.0 Å². The standard InChI is InChI=1S/C21H24N4O3S/c26-19(24-12-10-23(11-13-24)16-5-2-1-3-6-16)15-17-20(27)22-8-9-25(17)21(28)18-7-4-14-29-18/h1-7,14,17H,8-13,15H2,(H,22,27)/t17-/m0/s1. The van der Waals surface area contributed by atoms with E-state index in [1.54, 1.807) is 15.9 Å². The van der Waals surface area contributed by atoms with Crippen LogP contribution in [0.5, 0.6) is 0 Å². The maximum Gasteiger partial charge on any atom is 0.264 e. The molecule has 2 fully saturated rings. The summed E-state index contributed by atoms with van der Waals surface area (Å²) in [5.41, 5.74) is 1.15. The van der Waals surface area contributed by atoms with Gasteiger partial charge in [-0.1, -0.05) is 24.3 Å². The lowest BCUT2D eigenvalue weighted by Gasteiger charge is -2.38. The normalized spacial score (nSPS) is 19.8. The molecule has 4 rings (SSSR count). The Labute approximate surface area is 173 Å². The molecule has 1 atom stereocenters. The zero-order chi connectivity index (χ0) is 20.2. The van der Waals surface area contributed by atoms with E-state index in [0.717, 1.165) is 18.8 Å². The van der Waals surface area contributed by atoms with E-state index in [1.165, 1.54) is 11.3 Å². The Kier molecular flexibility index (Phi) is 5.80. The molecular formula is C21H24N4O3S. The number of thiophene rings is 1. The summed E-state index contributed by atoms with van der Waals surface area (Å²) in [5.74, 6) is -0.511. The summed E-state index contributed by atoms with van der Waals surface area (Å²) < 4.78 is 0. The molecule has 7 nitrogen and oxygen atoms in total.